The summed E-state index contributed by atoms with van der Waals surface area (Å²) >= 11 is 0. The molecule has 0 radical (unpaired) electrons. The number of methoxy groups -OCH3 is 1. The predicted molar refractivity (Wildman–Crippen MR) is 142 cm³/mol. The standard InChI is InChI=1S/C30H44N2O5/c1-28-15-21-16-29(2,18-28)20-30(17-21,19-28)32-27(34)31-22-6-8-24(9-7-22)37-25-12-10-23(11-13-25)36-14-4-5-26(33)35-3/h10-13,21-22,24H,4-9,14-20H2,1-3H3,(H2,31,32,34)/t21?,22?,24?,28-,29-,30?/m1/s1. The predicted octanol–water partition coefficient (Wildman–Crippen LogP) is 5.76. The average molecular weight is 513 g/mol. The summed E-state index contributed by atoms with van der Waals surface area (Å²) in [5.74, 6) is 2.15. The maximum atomic E-state index is 13.1. The van der Waals surface area contributed by atoms with Gasteiger partial charge in [0.2, 0.25) is 0 Å². The highest BCUT2D eigenvalue weighted by Gasteiger charge is 2.60. The van der Waals surface area contributed by atoms with E-state index in [0.29, 0.717) is 30.3 Å². The van der Waals surface area contributed by atoms with Crippen LogP contribution in [0.4, 0.5) is 4.79 Å². The molecule has 0 aromatic heterocycles. The number of carbonyl (C=O) groups excluding carboxylic acids is 2. The van der Waals surface area contributed by atoms with E-state index in [1.807, 2.05) is 24.3 Å². The second-order valence-corrected chi connectivity index (χ2v) is 13.1. The van der Waals surface area contributed by atoms with Crippen LogP contribution in [0.1, 0.15) is 90.9 Å². The van der Waals surface area contributed by atoms with Crippen molar-refractivity contribution in [3.8, 4) is 11.5 Å². The minimum Gasteiger partial charge on any atom is -0.494 e. The Kier molecular flexibility index (Phi) is 7.34. The molecule has 7 heteroatoms. The van der Waals surface area contributed by atoms with Crippen molar-refractivity contribution >= 4 is 12.0 Å². The Balaban J connectivity index is 1.03. The lowest BCUT2D eigenvalue weighted by Gasteiger charge is -2.65. The molecule has 1 aromatic carbocycles. The van der Waals surface area contributed by atoms with Gasteiger partial charge in [-0.15, -0.1) is 0 Å². The zero-order chi connectivity index (χ0) is 26.1. The monoisotopic (exact) mass is 512 g/mol. The lowest BCUT2D eigenvalue weighted by Crippen LogP contribution is -2.66. The van der Waals surface area contributed by atoms with E-state index in [9.17, 15) is 9.59 Å². The van der Waals surface area contributed by atoms with Gasteiger partial charge < -0.3 is 24.8 Å². The molecule has 5 saturated carbocycles. The summed E-state index contributed by atoms with van der Waals surface area (Å²) in [7, 11) is 1.39. The molecule has 5 aliphatic carbocycles. The number of rotatable bonds is 9. The average Bonchev–Trinajstić information content (AvgIpc) is 2.81. The van der Waals surface area contributed by atoms with Crippen molar-refractivity contribution < 1.29 is 23.8 Å². The van der Waals surface area contributed by atoms with Crippen LogP contribution in [0, 0.1) is 16.7 Å². The van der Waals surface area contributed by atoms with E-state index < -0.39 is 0 Å². The smallest absolute Gasteiger partial charge is 0.315 e. The van der Waals surface area contributed by atoms with Crippen LogP contribution in [0.3, 0.4) is 0 Å². The molecule has 0 saturated heterocycles. The summed E-state index contributed by atoms with van der Waals surface area (Å²) < 4.78 is 16.5. The Morgan fingerprint density at radius 1 is 0.919 bits per heavy atom. The molecule has 5 aliphatic rings. The number of esters is 1. The molecule has 4 bridgehead atoms. The van der Waals surface area contributed by atoms with Crippen LogP contribution in [-0.2, 0) is 9.53 Å². The molecule has 2 atom stereocenters. The summed E-state index contributed by atoms with van der Waals surface area (Å²) in [6.45, 7) is 5.36. The Morgan fingerprint density at radius 2 is 1.57 bits per heavy atom. The van der Waals surface area contributed by atoms with Crippen LogP contribution in [0.15, 0.2) is 24.3 Å². The highest BCUT2D eigenvalue weighted by molar-refractivity contribution is 5.75. The van der Waals surface area contributed by atoms with Crippen molar-refractivity contribution in [2.24, 2.45) is 16.7 Å². The molecule has 2 amide bonds. The van der Waals surface area contributed by atoms with Crippen LogP contribution in [-0.4, -0.2) is 43.4 Å². The number of hydrogen-bond donors (Lipinski definition) is 2. The fourth-order valence-corrected chi connectivity index (χ4v) is 8.69. The van der Waals surface area contributed by atoms with Crippen LogP contribution in [0.25, 0.3) is 0 Å². The number of carbonyl (C=O) groups is 2. The van der Waals surface area contributed by atoms with Crippen LogP contribution in [0.2, 0.25) is 0 Å². The maximum absolute atomic E-state index is 13.1. The van der Waals surface area contributed by atoms with Gasteiger partial charge in [0.1, 0.15) is 11.5 Å². The third-order valence-corrected chi connectivity index (χ3v) is 9.16. The highest BCUT2D eigenvalue weighted by Crippen LogP contribution is 2.66. The maximum Gasteiger partial charge on any atom is 0.315 e. The second kappa shape index (κ2) is 10.4. The normalized spacial score (nSPS) is 36.0. The molecule has 0 unspecified atom stereocenters. The first-order chi connectivity index (χ1) is 17.7. The van der Waals surface area contributed by atoms with Gasteiger partial charge in [0.15, 0.2) is 0 Å². The molecule has 2 N–H and O–H groups in total. The van der Waals surface area contributed by atoms with Crippen LogP contribution >= 0.6 is 0 Å². The number of benzene rings is 1. The quantitative estimate of drug-likeness (QED) is 0.325. The summed E-state index contributed by atoms with van der Waals surface area (Å²) in [6, 6.07) is 7.90. The molecule has 5 fully saturated rings. The fraction of sp³-hybridized carbons (Fsp3) is 0.733. The van der Waals surface area contributed by atoms with Crippen molar-refractivity contribution in [2.75, 3.05) is 13.7 Å². The van der Waals surface area contributed by atoms with E-state index >= 15 is 0 Å². The first kappa shape index (κ1) is 26.2. The van der Waals surface area contributed by atoms with E-state index in [-0.39, 0.29) is 29.7 Å². The van der Waals surface area contributed by atoms with Crippen molar-refractivity contribution in [1.29, 1.82) is 0 Å². The lowest BCUT2D eigenvalue weighted by atomic mass is 9.43. The SMILES string of the molecule is COC(=O)CCCOc1ccc(OC2CCC(NC(=O)NC34CC5C[C@@](C)(C3)C[C@@](C)(C5)C4)CC2)cc1. The van der Waals surface area contributed by atoms with Gasteiger partial charge in [0.25, 0.3) is 0 Å². The summed E-state index contributed by atoms with van der Waals surface area (Å²) in [5, 5.41) is 6.78. The van der Waals surface area contributed by atoms with Gasteiger partial charge in [-0.3, -0.25) is 4.79 Å². The van der Waals surface area contributed by atoms with Crippen LogP contribution in [0.5, 0.6) is 11.5 Å². The molecule has 37 heavy (non-hydrogen) atoms. The van der Waals surface area contributed by atoms with Crippen LogP contribution < -0.4 is 20.1 Å². The van der Waals surface area contributed by atoms with Crippen molar-refractivity contribution in [2.45, 2.75) is 109 Å². The van der Waals surface area contributed by atoms with Crippen molar-refractivity contribution in [3.63, 3.8) is 0 Å². The molecule has 204 valence electrons. The third-order valence-electron chi connectivity index (χ3n) is 9.16. The van der Waals surface area contributed by atoms with Gasteiger partial charge in [-0.05, 0) is 112 Å². The second-order valence-electron chi connectivity index (χ2n) is 13.1. The molecule has 1 aromatic rings. The topological polar surface area (TPSA) is 85.9 Å². The third kappa shape index (κ3) is 6.35. The molecule has 6 rings (SSSR count). The van der Waals surface area contributed by atoms with Crippen molar-refractivity contribution in [3.05, 3.63) is 24.3 Å². The first-order valence-corrected chi connectivity index (χ1v) is 14.2. The number of urea groups is 1. The molecular weight excluding hydrogens is 468 g/mol. The van der Waals surface area contributed by atoms with E-state index in [4.69, 9.17) is 9.47 Å². The fourth-order valence-electron chi connectivity index (χ4n) is 8.69. The van der Waals surface area contributed by atoms with E-state index in [2.05, 4.69) is 29.2 Å². The van der Waals surface area contributed by atoms with E-state index in [1.54, 1.807) is 0 Å². The van der Waals surface area contributed by atoms with Gasteiger partial charge in [0, 0.05) is 18.0 Å². The summed E-state index contributed by atoms with van der Waals surface area (Å²) in [5.41, 5.74) is 0.780. The minimum atomic E-state index is -0.218. The van der Waals surface area contributed by atoms with Gasteiger partial charge in [-0.1, -0.05) is 13.8 Å². The highest BCUT2D eigenvalue weighted by atomic mass is 16.5. The molecule has 0 heterocycles. The Morgan fingerprint density at radius 3 is 2.19 bits per heavy atom. The van der Waals surface area contributed by atoms with Crippen molar-refractivity contribution in [1.82, 2.24) is 10.6 Å². The van der Waals surface area contributed by atoms with Gasteiger partial charge in [-0.2, -0.15) is 0 Å². The molecule has 0 aliphatic heterocycles. The molecular formula is C30H44N2O5. The molecule has 0 spiro atoms. The molecule has 7 nitrogen and oxygen atoms in total. The summed E-state index contributed by atoms with van der Waals surface area (Å²) in [4.78, 5) is 24.2. The van der Waals surface area contributed by atoms with E-state index in [1.165, 1.54) is 26.4 Å². The lowest BCUT2D eigenvalue weighted by molar-refractivity contribution is -0.140. The van der Waals surface area contributed by atoms with E-state index in [0.717, 1.165) is 62.4 Å². The zero-order valence-corrected chi connectivity index (χ0v) is 22.8. The Bertz CT molecular complexity index is 953. The number of nitrogens with one attached hydrogen (secondary N) is 2. The number of amides is 2. The number of ether oxygens (including phenoxy) is 3. The van der Waals surface area contributed by atoms with Gasteiger partial charge >= 0.3 is 12.0 Å². The zero-order valence-electron chi connectivity index (χ0n) is 22.8. The van der Waals surface area contributed by atoms with Gasteiger partial charge in [-0.25, -0.2) is 4.79 Å². The largest absolute Gasteiger partial charge is 0.494 e. The first-order valence-electron chi connectivity index (χ1n) is 14.2. The van der Waals surface area contributed by atoms with Gasteiger partial charge in [0.05, 0.1) is 19.8 Å². The summed E-state index contributed by atoms with van der Waals surface area (Å²) in [6.07, 6.45) is 12.3. The minimum absolute atomic E-state index is 0.00939. The Labute approximate surface area is 221 Å². The number of hydrogen-bond acceptors (Lipinski definition) is 5. The Hall–Kier alpha value is -2.44.